The smallest absolute Gasteiger partial charge is 0.404 e. The Morgan fingerprint density at radius 3 is 1.76 bits per heavy atom. The Labute approximate surface area is 279 Å². The van der Waals surface area contributed by atoms with Crippen LogP contribution >= 0.6 is 11.6 Å². The molecule has 2 atom stereocenters. The standard InChI is InChI=1S/C41H42BClNO2/c1-39(2,3)33-26-30-28-44-38(29-16-10-7-11-17-29)41(31-18-12-8-13-19-31,32-20-14-9-15-21-32)46-42(44,34-22-24-35(43)25-23-34)45-37(30)36(27-33)40(4,5)6/h7-27,38H,28H2,1-6H3/q-1/t38-,42?/m1/s1. The molecule has 2 aliphatic heterocycles. The van der Waals surface area contributed by atoms with Gasteiger partial charge in [-0.2, -0.15) is 0 Å². The van der Waals surface area contributed by atoms with Gasteiger partial charge in [0.05, 0.1) is 11.4 Å². The Morgan fingerprint density at radius 1 is 0.696 bits per heavy atom. The van der Waals surface area contributed by atoms with Crippen LogP contribution < -0.4 is 10.1 Å². The first-order valence-corrected chi connectivity index (χ1v) is 16.7. The van der Waals surface area contributed by atoms with Gasteiger partial charge in [-0.1, -0.05) is 168 Å². The average molecular weight is 627 g/mol. The largest absolute Gasteiger partial charge is 0.676 e. The number of fused-ring (bicyclic) bond motifs is 2. The fourth-order valence-electron chi connectivity index (χ4n) is 7.49. The van der Waals surface area contributed by atoms with Gasteiger partial charge in [0.15, 0.2) is 0 Å². The number of benzene rings is 5. The molecule has 0 spiro atoms. The number of rotatable bonds is 4. The zero-order valence-electron chi connectivity index (χ0n) is 27.6. The Bertz CT molecular complexity index is 1810. The third kappa shape index (κ3) is 4.99. The summed E-state index contributed by atoms with van der Waals surface area (Å²) in [5, 5.41) is 0.680. The molecule has 234 valence electrons. The minimum atomic E-state index is -2.24. The summed E-state index contributed by atoms with van der Waals surface area (Å²) in [5.41, 5.74) is 6.92. The highest BCUT2D eigenvalue weighted by molar-refractivity contribution is 6.80. The number of halogens is 1. The highest BCUT2D eigenvalue weighted by atomic mass is 35.5. The Balaban J connectivity index is 1.59. The Morgan fingerprint density at radius 2 is 1.24 bits per heavy atom. The van der Waals surface area contributed by atoms with Gasteiger partial charge in [-0.3, -0.25) is 0 Å². The molecular weight excluding hydrogens is 585 g/mol. The van der Waals surface area contributed by atoms with Crippen molar-refractivity contribution in [2.75, 3.05) is 0 Å². The van der Waals surface area contributed by atoms with E-state index in [1.807, 2.05) is 12.1 Å². The maximum Gasteiger partial charge on any atom is 0.404 e. The zero-order chi connectivity index (χ0) is 32.3. The minimum Gasteiger partial charge on any atom is -0.676 e. The van der Waals surface area contributed by atoms with Crippen LogP contribution in [0.4, 0.5) is 0 Å². The molecule has 5 aromatic rings. The molecule has 0 amide bonds. The lowest BCUT2D eigenvalue weighted by atomic mass is 9.60. The topological polar surface area (TPSA) is 21.7 Å². The van der Waals surface area contributed by atoms with Crippen LogP contribution in [0, 0.1) is 0 Å². The lowest BCUT2D eigenvalue weighted by molar-refractivity contribution is 0.0869. The van der Waals surface area contributed by atoms with Crippen LogP contribution in [0.25, 0.3) is 0 Å². The van der Waals surface area contributed by atoms with Crippen LogP contribution in [0.5, 0.6) is 5.75 Å². The van der Waals surface area contributed by atoms with Gasteiger partial charge in [0.25, 0.3) is 0 Å². The molecule has 1 saturated heterocycles. The van der Waals surface area contributed by atoms with Gasteiger partial charge in [0.1, 0.15) is 0 Å². The van der Waals surface area contributed by atoms with Crippen LogP contribution in [0.3, 0.4) is 0 Å². The summed E-state index contributed by atoms with van der Waals surface area (Å²) >= 11 is 6.50. The molecule has 1 unspecified atom stereocenters. The van der Waals surface area contributed by atoms with Gasteiger partial charge < -0.3 is 14.1 Å². The highest BCUT2D eigenvalue weighted by Crippen LogP contribution is 2.58. The second-order valence-electron chi connectivity index (χ2n) is 14.9. The zero-order valence-corrected chi connectivity index (χ0v) is 28.4. The third-order valence-corrected chi connectivity index (χ3v) is 10.0. The molecule has 0 bridgehead atoms. The van der Waals surface area contributed by atoms with E-state index in [1.165, 1.54) is 22.3 Å². The van der Waals surface area contributed by atoms with Gasteiger partial charge >= 0.3 is 6.69 Å². The first-order chi connectivity index (χ1) is 21.9. The van der Waals surface area contributed by atoms with Gasteiger partial charge in [-0.05, 0) is 57.3 Å². The van der Waals surface area contributed by atoms with Crippen molar-refractivity contribution in [2.24, 2.45) is 0 Å². The summed E-state index contributed by atoms with van der Waals surface area (Å²) in [5.74, 6) is 0.926. The molecule has 46 heavy (non-hydrogen) atoms. The van der Waals surface area contributed by atoms with Crippen molar-refractivity contribution in [3.05, 3.63) is 166 Å². The summed E-state index contributed by atoms with van der Waals surface area (Å²) in [7, 11) is 0. The van der Waals surface area contributed by atoms with Crippen LogP contribution in [-0.2, 0) is 27.6 Å². The highest BCUT2D eigenvalue weighted by Gasteiger charge is 2.62. The molecule has 5 heteroatoms. The molecule has 0 aromatic heterocycles. The summed E-state index contributed by atoms with van der Waals surface area (Å²) in [4.78, 5) is 2.50. The fourth-order valence-corrected chi connectivity index (χ4v) is 7.62. The third-order valence-electron chi connectivity index (χ3n) is 9.78. The lowest BCUT2D eigenvalue weighted by Crippen LogP contribution is -2.67. The number of nitrogens with zero attached hydrogens (tertiary/aromatic N) is 1. The van der Waals surface area contributed by atoms with E-state index in [2.05, 4.69) is 162 Å². The average Bonchev–Trinajstić information content (AvgIpc) is 3.36. The quantitative estimate of drug-likeness (QED) is 0.185. The predicted molar refractivity (Wildman–Crippen MR) is 191 cm³/mol. The molecule has 2 heterocycles. The number of hydrogen-bond acceptors (Lipinski definition) is 3. The molecule has 0 aliphatic carbocycles. The van der Waals surface area contributed by atoms with Crippen LogP contribution in [0.1, 0.15) is 81.0 Å². The molecule has 5 aromatic carbocycles. The predicted octanol–water partition coefficient (Wildman–Crippen LogP) is 9.69. The van der Waals surface area contributed by atoms with Gasteiger partial charge in [-0.15, -0.1) is 5.46 Å². The van der Waals surface area contributed by atoms with Crippen molar-refractivity contribution in [3.8, 4) is 5.75 Å². The van der Waals surface area contributed by atoms with E-state index in [1.54, 1.807) is 0 Å². The van der Waals surface area contributed by atoms with E-state index in [9.17, 15) is 0 Å². The molecular formula is C41H42BClNO2-. The van der Waals surface area contributed by atoms with Gasteiger partial charge in [0.2, 0.25) is 0 Å². The van der Waals surface area contributed by atoms with Crippen molar-refractivity contribution in [1.82, 2.24) is 4.81 Å². The first-order valence-electron chi connectivity index (χ1n) is 16.3. The van der Waals surface area contributed by atoms with Gasteiger partial charge in [0, 0.05) is 16.6 Å². The van der Waals surface area contributed by atoms with E-state index in [4.69, 9.17) is 20.9 Å². The van der Waals surface area contributed by atoms with E-state index >= 15 is 0 Å². The maximum absolute atomic E-state index is 7.85. The molecule has 2 aliphatic rings. The molecule has 7 rings (SSSR count). The Kier molecular flexibility index (Phi) is 7.47. The van der Waals surface area contributed by atoms with E-state index < -0.39 is 12.3 Å². The summed E-state index contributed by atoms with van der Waals surface area (Å²) < 4.78 is 15.4. The van der Waals surface area contributed by atoms with E-state index in [0.29, 0.717) is 11.6 Å². The monoisotopic (exact) mass is 626 g/mol. The first kappa shape index (κ1) is 30.8. The Hall–Kier alpha value is -3.83. The second-order valence-corrected chi connectivity index (χ2v) is 15.4. The molecule has 0 radical (unpaired) electrons. The lowest BCUT2D eigenvalue weighted by Gasteiger charge is -2.52. The van der Waals surface area contributed by atoms with Crippen LogP contribution in [-0.4, -0.2) is 11.5 Å². The fraction of sp³-hybridized carbons (Fsp3) is 0.268. The SMILES string of the molecule is CC(C)(C)c1cc2c(c(C(C)(C)C)c1)O[B-]1(c3ccc(Cl)cc3)OC(c3ccccc3)(c3ccccc3)[C@@H](c3ccccc3)N1C2. The van der Waals surface area contributed by atoms with Crippen molar-refractivity contribution >= 4 is 23.8 Å². The summed E-state index contributed by atoms with van der Waals surface area (Å²) in [6.07, 6.45) is 0. The van der Waals surface area contributed by atoms with E-state index in [0.717, 1.165) is 22.3 Å². The van der Waals surface area contributed by atoms with Crippen LogP contribution in [0.15, 0.2) is 127 Å². The minimum absolute atomic E-state index is 0.0247. The molecule has 0 saturated carbocycles. The summed E-state index contributed by atoms with van der Waals surface area (Å²) in [6, 6.07) is 44.7. The normalized spacial score (nSPS) is 20.9. The van der Waals surface area contributed by atoms with Crippen LogP contribution in [0.2, 0.25) is 5.02 Å². The van der Waals surface area contributed by atoms with Crippen molar-refractivity contribution in [2.45, 2.75) is 70.6 Å². The summed E-state index contributed by atoms with van der Waals surface area (Å²) in [6.45, 7) is 12.1. The van der Waals surface area contributed by atoms with E-state index in [-0.39, 0.29) is 16.9 Å². The van der Waals surface area contributed by atoms with Crippen molar-refractivity contribution < 1.29 is 9.31 Å². The second kappa shape index (κ2) is 11.2. The van der Waals surface area contributed by atoms with Crippen molar-refractivity contribution in [3.63, 3.8) is 0 Å². The van der Waals surface area contributed by atoms with Crippen molar-refractivity contribution in [1.29, 1.82) is 0 Å². The molecule has 1 fully saturated rings. The molecule has 3 nitrogen and oxygen atoms in total. The molecule has 0 N–H and O–H groups in total. The maximum atomic E-state index is 7.85. The van der Waals surface area contributed by atoms with Gasteiger partial charge in [-0.25, -0.2) is 0 Å². The number of hydrogen-bond donors (Lipinski definition) is 0.